The Hall–Kier alpha value is -0.930. The topological polar surface area (TPSA) is 29.1 Å². The summed E-state index contributed by atoms with van der Waals surface area (Å²) >= 11 is 5.73. The van der Waals surface area contributed by atoms with Gasteiger partial charge in [-0.15, -0.1) is 0 Å². The molecule has 0 bridgehead atoms. The van der Waals surface area contributed by atoms with Crippen molar-refractivity contribution in [3.8, 4) is 0 Å². The number of hydrogen-bond acceptors (Lipinski definition) is 2. The highest BCUT2D eigenvalue weighted by Crippen LogP contribution is 2.25. The number of Topliss-reactive ketones (excluding diaryl/α,β-unsaturated/α-hetero) is 1. The van der Waals surface area contributed by atoms with Crippen molar-refractivity contribution in [1.29, 1.82) is 0 Å². The van der Waals surface area contributed by atoms with Crippen molar-refractivity contribution in [1.82, 2.24) is 5.32 Å². The minimum absolute atomic E-state index is 0.0912. The Morgan fingerprint density at radius 2 is 2.13 bits per heavy atom. The zero-order valence-electron chi connectivity index (χ0n) is 8.95. The second kappa shape index (κ2) is 4.73. The summed E-state index contributed by atoms with van der Waals surface area (Å²) in [6.45, 7) is 3.44. The maximum Gasteiger partial charge on any atom is 0.176 e. The highest BCUT2D eigenvalue weighted by Gasteiger charge is 2.16. The van der Waals surface area contributed by atoms with Crippen LogP contribution in [0.5, 0.6) is 0 Å². The van der Waals surface area contributed by atoms with Crippen LogP contribution in [0.1, 0.15) is 21.5 Å². The van der Waals surface area contributed by atoms with Crippen LogP contribution in [-0.4, -0.2) is 19.4 Å². The number of ketones is 1. The molecule has 1 rings (SSSR count). The molecule has 82 valence electrons. The third-order valence-corrected chi connectivity index (χ3v) is 2.73. The predicted octanol–water partition coefficient (Wildman–Crippen LogP) is 2.50. The first-order valence-corrected chi connectivity index (χ1v) is 4.99. The average Bonchev–Trinajstić information content (AvgIpc) is 2.20. The van der Waals surface area contributed by atoms with Crippen molar-refractivity contribution in [2.24, 2.45) is 0 Å². The Labute approximate surface area is 93.4 Å². The molecule has 2 nitrogen and oxygen atoms in total. The lowest BCUT2D eigenvalue weighted by molar-refractivity contribution is 0.0992. The van der Waals surface area contributed by atoms with E-state index in [2.05, 4.69) is 5.32 Å². The normalized spacial score (nSPS) is 10.5. The van der Waals surface area contributed by atoms with Crippen molar-refractivity contribution in [2.45, 2.75) is 13.8 Å². The smallest absolute Gasteiger partial charge is 0.176 e. The molecule has 0 unspecified atom stereocenters. The van der Waals surface area contributed by atoms with Gasteiger partial charge in [-0.2, -0.15) is 0 Å². The van der Waals surface area contributed by atoms with Crippen LogP contribution in [0.4, 0.5) is 4.39 Å². The summed E-state index contributed by atoms with van der Waals surface area (Å²) in [5.74, 6) is -0.634. The van der Waals surface area contributed by atoms with E-state index in [1.165, 1.54) is 0 Å². The fraction of sp³-hybridized carbons (Fsp3) is 0.364. The molecule has 0 saturated carbocycles. The quantitative estimate of drug-likeness (QED) is 0.807. The summed E-state index contributed by atoms with van der Waals surface area (Å²) in [7, 11) is 1.67. The van der Waals surface area contributed by atoms with E-state index in [4.69, 9.17) is 11.6 Å². The molecule has 0 atom stereocenters. The summed E-state index contributed by atoms with van der Waals surface area (Å²) in [6, 6.07) is 1.63. The van der Waals surface area contributed by atoms with Crippen molar-refractivity contribution >= 4 is 17.4 Å². The molecule has 1 N–H and O–H groups in total. The van der Waals surface area contributed by atoms with Gasteiger partial charge in [0, 0.05) is 5.56 Å². The maximum absolute atomic E-state index is 13.5. The van der Waals surface area contributed by atoms with Crippen molar-refractivity contribution in [3.63, 3.8) is 0 Å². The van der Waals surface area contributed by atoms with Crippen LogP contribution >= 0.6 is 11.6 Å². The molecule has 1 aromatic rings. The number of hydrogen-bond donors (Lipinski definition) is 1. The van der Waals surface area contributed by atoms with Gasteiger partial charge in [0.15, 0.2) is 5.78 Å². The standard InChI is InChI=1S/C11H13ClFNO/c1-6-4-8(9(15)5-14-3)7(2)11(13)10(6)12/h4,14H,5H2,1-3H3. The highest BCUT2D eigenvalue weighted by atomic mass is 35.5. The van der Waals surface area contributed by atoms with Gasteiger partial charge < -0.3 is 5.32 Å². The van der Waals surface area contributed by atoms with E-state index >= 15 is 0 Å². The largest absolute Gasteiger partial charge is 0.313 e. The van der Waals surface area contributed by atoms with Gasteiger partial charge in [-0.05, 0) is 38.1 Å². The van der Waals surface area contributed by atoms with Crippen LogP contribution in [0, 0.1) is 19.7 Å². The van der Waals surface area contributed by atoms with Crippen LogP contribution in [-0.2, 0) is 0 Å². The van der Waals surface area contributed by atoms with Gasteiger partial charge in [-0.1, -0.05) is 11.6 Å². The lowest BCUT2D eigenvalue weighted by Gasteiger charge is -2.09. The molecule has 0 spiro atoms. The van der Waals surface area contributed by atoms with E-state index in [9.17, 15) is 9.18 Å². The lowest BCUT2D eigenvalue weighted by Crippen LogP contribution is -2.20. The number of carbonyl (C=O) groups is 1. The molecule has 4 heteroatoms. The molecule has 0 aliphatic heterocycles. The fourth-order valence-corrected chi connectivity index (χ4v) is 1.59. The third-order valence-electron chi connectivity index (χ3n) is 2.27. The molecule has 0 aromatic heterocycles. The molecule has 0 amide bonds. The molecular formula is C11H13ClFNO. The predicted molar refractivity (Wildman–Crippen MR) is 59.1 cm³/mol. The number of carbonyl (C=O) groups excluding carboxylic acids is 1. The number of benzene rings is 1. The molecule has 1 aromatic carbocycles. The SMILES string of the molecule is CNCC(=O)c1cc(C)c(Cl)c(F)c1C. The van der Waals surface area contributed by atoms with Gasteiger partial charge in [-0.25, -0.2) is 4.39 Å². The fourth-order valence-electron chi connectivity index (χ4n) is 1.39. The molecule has 0 heterocycles. The number of nitrogens with one attached hydrogen (secondary N) is 1. The van der Waals surface area contributed by atoms with E-state index in [1.807, 2.05) is 0 Å². The zero-order chi connectivity index (χ0) is 11.6. The van der Waals surface area contributed by atoms with E-state index in [-0.39, 0.29) is 17.4 Å². The summed E-state index contributed by atoms with van der Waals surface area (Å²) in [5, 5.41) is 2.83. The molecular weight excluding hydrogens is 217 g/mol. The van der Waals surface area contributed by atoms with Gasteiger partial charge in [0.2, 0.25) is 0 Å². The average molecular weight is 230 g/mol. The summed E-state index contributed by atoms with van der Waals surface area (Å²) in [4.78, 5) is 11.6. The summed E-state index contributed by atoms with van der Waals surface area (Å²) < 4.78 is 13.5. The van der Waals surface area contributed by atoms with E-state index in [0.29, 0.717) is 16.7 Å². The molecule has 0 radical (unpaired) electrons. The Morgan fingerprint density at radius 1 is 1.53 bits per heavy atom. The van der Waals surface area contributed by atoms with Crippen LogP contribution in [0.3, 0.4) is 0 Å². The maximum atomic E-state index is 13.5. The second-order valence-electron chi connectivity index (χ2n) is 3.45. The van der Waals surface area contributed by atoms with E-state index < -0.39 is 5.82 Å². The molecule has 0 saturated heterocycles. The number of aryl methyl sites for hydroxylation is 1. The molecule has 0 aliphatic carbocycles. The highest BCUT2D eigenvalue weighted by molar-refractivity contribution is 6.31. The van der Waals surface area contributed by atoms with Crippen LogP contribution < -0.4 is 5.32 Å². The molecule has 15 heavy (non-hydrogen) atoms. The molecule has 0 fully saturated rings. The van der Waals surface area contributed by atoms with Crippen molar-refractivity contribution in [2.75, 3.05) is 13.6 Å². The van der Waals surface area contributed by atoms with E-state index in [0.717, 1.165) is 0 Å². The monoisotopic (exact) mass is 229 g/mol. The number of rotatable bonds is 3. The minimum Gasteiger partial charge on any atom is -0.313 e. The minimum atomic E-state index is -0.504. The molecule has 0 aliphatic rings. The first-order valence-electron chi connectivity index (χ1n) is 4.62. The van der Waals surface area contributed by atoms with Crippen molar-refractivity contribution in [3.05, 3.63) is 33.6 Å². The first-order chi connectivity index (χ1) is 6.99. The summed E-state index contributed by atoms with van der Waals surface area (Å²) in [6.07, 6.45) is 0. The van der Waals surface area contributed by atoms with Gasteiger partial charge in [0.05, 0.1) is 11.6 Å². The Bertz CT molecular complexity index is 404. The Morgan fingerprint density at radius 3 is 2.67 bits per heavy atom. The van der Waals surface area contributed by atoms with Gasteiger partial charge in [0.25, 0.3) is 0 Å². The Balaban J connectivity index is 3.26. The van der Waals surface area contributed by atoms with Crippen molar-refractivity contribution < 1.29 is 9.18 Å². The first kappa shape index (κ1) is 12.1. The second-order valence-corrected chi connectivity index (χ2v) is 3.83. The van der Waals surface area contributed by atoms with Gasteiger partial charge in [-0.3, -0.25) is 4.79 Å². The Kier molecular flexibility index (Phi) is 3.83. The van der Waals surface area contributed by atoms with Crippen LogP contribution in [0.15, 0.2) is 6.07 Å². The number of likely N-dealkylation sites (N-methyl/N-ethyl adjacent to an activating group) is 1. The van der Waals surface area contributed by atoms with Gasteiger partial charge in [0.1, 0.15) is 5.82 Å². The van der Waals surface area contributed by atoms with E-state index in [1.54, 1.807) is 27.0 Å². The third kappa shape index (κ3) is 2.36. The lowest BCUT2D eigenvalue weighted by atomic mass is 10.0. The van der Waals surface area contributed by atoms with Crippen LogP contribution in [0.2, 0.25) is 5.02 Å². The number of halogens is 2. The van der Waals surface area contributed by atoms with Crippen LogP contribution in [0.25, 0.3) is 0 Å². The van der Waals surface area contributed by atoms with Gasteiger partial charge >= 0.3 is 0 Å². The zero-order valence-corrected chi connectivity index (χ0v) is 9.70. The summed E-state index contributed by atoms with van der Waals surface area (Å²) in [5.41, 5.74) is 1.29.